The van der Waals surface area contributed by atoms with E-state index >= 15 is 0 Å². The van der Waals surface area contributed by atoms with Gasteiger partial charge in [0.2, 0.25) is 5.91 Å². The smallest absolute Gasteiger partial charge is 0.224 e. The van der Waals surface area contributed by atoms with Crippen molar-refractivity contribution in [2.45, 2.75) is 57.5 Å². The summed E-state index contributed by atoms with van der Waals surface area (Å²) in [6.45, 7) is 6.15. The molecule has 2 aromatic rings. The lowest BCUT2D eigenvalue weighted by molar-refractivity contribution is -0.116. The first-order valence-electron chi connectivity index (χ1n) is 8.85. The summed E-state index contributed by atoms with van der Waals surface area (Å²) >= 11 is 1.68. The number of nitrogens with one attached hydrogen (secondary N) is 1. The van der Waals surface area contributed by atoms with E-state index in [9.17, 15) is 4.79 Å². The number of carbonyl (C=O) groups is 1. The normalized spacial score (nSPS) is 13.9. The first-order chi connectivity index (χ1) is 12.0. The number of thioether (sulfide) groups is 1. The fraction of sp³-hybridized carbons (Fsp3) is 0.526. The summed E-state index contributed by atoms with van der Waals surface area (Å²) in [5.74, 6) is 2.66. The van der Waals surface area contributed by atoms with Gasteiger partial charge in [0.05, 0.1) is 0 Å². The van der Waals surface area contributed by atoms with Gasteiger partial charge in [-0.3, -0.25) is 4.79 Å². The number of benzene rings is 1. The highest BCUT2D eigenvalue weighted by Gasteiger charge is 2.29. The van der Waals surface area contributed by atoms with Gasteiger partial charge in [0.25, 0.3) is 0 Å². The van der Waals surface area contributed by atoms with Crippen molar-refractivity contribution >= 4 is 23.4 Å². The molecule has 1 fully saturated rings. The number of nitrogens with zero attached hydrogens (tertiary/aromatic N) is 3. The van der Waals surface area contributed by atoms with E-state index in [-0.39, 0.29) is 5.91 Å². The molecule has 134 valence electrons. The summed E-state index contributed by atoms with van der Waals surface area (Å²) in [7, 11) is 2.03. The van der Waals surface area contributed by atoms with E-state index < -0.39 is 0 Å². The first kappa shape index (κ1) is 18.0. The molecule has 1 heterocycles. The van der Waals surface area contributed by atoms with Gasteiger partial charge in [-0.05, 0) is 51.2 Å². The maximum Gasteiger partial charge on any atom is 0.224 e. The molecule has 5 nitrogen and oxygen atoms in total. The van der Waals surface area contributed by atoms with Crippen LogP contribution in [0, 0.1) is 20.8 Å². The Morgan fingerprint density at radius 1 is 1.24 bits per heavy atom. The van der Waals surface area contributed by atoms with Crippen LogP contribution in [0.5, 0.6) is 0 Å². The number of rotatable bonds is 7. The lowest BCUT2D eigenvalue weighted by Crippen LogP contribution is -2.13. The number of aryl methyl sites for hydroxylation is 3. The molecule has 0 spiro atoms. The van der Waals surface area contributed by atoms with Gasteiger partial charge in [-0.25, -0.2) is 0 Å². The van der Waals surface area contributed by atoms with Crippen LogP contribution in [0.25, 0.3) is 0 Å². The molecule has 1 aliphatic rings. The van der Waals surface area contributed by atoms with Crippen molar-refractivity contribution in [3.8, 4) is 0 Å². The van der Waals surface area contributed by atoms with Gasteiger partial charge >= 0.3 is 0 Å². The zero-order valence-corrected chi connectivity index (χ0v) is 16.2. The molecule has 1 N–H and O–H groups in total. The van der Waals surface area contributed by atoms with Crippen LogP contribution in [-0.4, -0.2) is 26.4 Å². The maximum absolute atomic E-state index is 12.2. The quantitative estimate of drug-likeness (QED) is 0.597. The van der Waals surface area contributed by atoms with E-state index in [1.54, 1.807) is 11.8 Å². The van der Waals surface area contributed by atoms with Gasteiger partial charge in [0.1, 0.15) is 5.82 Å². The molecule has 1 saturated carbocycles. The zero-order chi connectivity index (χ0) is 18.0. The van der Waals surface area contributed by atoms with Crippen molar-refractivity contribution in [3.05, 3.63) is 34.6 Å². The van der Waals surface area contributed by atoms with Crippen LogP contribution in [0.3, 0.4) is 0 Å². The number of anilines is 1. The number of hydrogen-bond donors (Lipinski definition) is 1. The number of carbonyl (C=O) groups excluding carboxylic acids is 1. The third kappa shape index (κ3) is 4.42. The van der Waals surface area contributed by atoms with E-state index in [1.165, 1.54) is 18.4 Å². The number of hydrogen-bond acceptors (Lipinski definition) is 4. The molecule has 6 heteroatoms. The Labute approximate surface area is 153 Å². The molecule has 1 aliphatic carbocycles. The van der Waals surface area contributed by atoms with Gasteiger partial charge in [0.15, 0.2) is 5.16 Å². The van der Waals surface area contributed by atoms with Gasteiger partial charge in [-0.15, -0.1) is 10.2 Å². The van der Waals surface area contributed by atoms with Crippen LogP contribution in [0.1, 0.15) is 54.1 Å². The molecule has 25 heavy (non-hydrogen) atoms. The predicted octanol–water partition coefficient (Wildman–Crippen LogP) is 4.13. The summed E-state index contributed by atoms with van der Waals surface area (Å²) in [5, 5.41) is 12.6. The average Bonchev–Trinajstić information content (AvgIpc) is 3.32. The van der Waals surface area contributed by atoms with Crippen molar-refractivity contribution in [2.24, 2.45) is 7.05 Å². The summed E-state index contributed by atoms with van der Waals surface area (Å²) in [4.78, 5) is 12.2. The molecule has 0 radical (unpaired) electrons. The topological polar surface area (TPSA) is 59.8 Å². The standard InChI is InChI=1S/C19H26N4OS/c1-12-10-13(2)17(14(3)11-12)20-16(24)6-5-9-25-19-22-21-18(23(19)4)15-7-8-15/h10-11,15H,5-9H2,1-4H3,(H,20,24). The van der Waals surface area contributed by atoms with Crippen LogP contribution in [-0.2, 0) is 11.8 Å². The third-order valence-electron chi connectivity index (χ3n) is 4.53. The average molecular weight is 359 g/mol. The van der Waals surface area contributed by atoms with Gasteiger partial charge in [0, 0.05) is 30.8 Å². The monoisotopic (exact) mass is 358 g/mol. The second kappa shape index (κ2) is 7.60. The van der Waals surface area contributed by atoms with Crippen molar-refractivity contribution in [1.82, 2.24) is 14.8 Å². The summed E-state index contributed by atoms with van der Waals surface area (Å²) in [6, 6.07) is 4.20. The Hall–Kier alpha value is -1.82. The Morgan fingerprint density at radius 3 is 2.56 bits per heavy atom. The largest absolute Gasteiger partial charge is 0.326 e. The minimum atomic E-state index is 0.0762. The van der Waals surface area contributed by atoms with Crippen LogP contribution in [0.4, 0.5) is 5.69 Å². The molecule has 0 unspecified atom stereocenters. The molecular formula is C19H26N4OS. The Balaban J connectivity index is 1.45. The highest BCUT2D eigenvalue weighted by atomic mass is 32.2. The molecule has 0 saturated heterocycles. The van der Waals surface area contributed by atoms with Crippen molar-refractivity contribution in [2.75, 3.05) is 11.1 Å². The molecule has 0 bridgehead atoms. The second-order valence-corrected chi connectivity index (χ2v) is 8.01. The van der Waals surface area contributed by atoms with Crippen molar-refractivity contribution < 1.29 is 4.79 Å². The Morgan fingerprint density at radius 2 is 1.92 bits per heavy atom. The van der Waals surface area contributed by atoms with Crippen molar-refractivity contribution in [3.63, 3.8) is 0 Å². The first-order valence-corrected chi connectivity index (χ1v) is 9.84. The fourth-order valence-corrected chi connectivity index (χ4v) is 3.98. The molecular weight excluding hydrogens is 332 g/mol. The highest BCUT2D eigenvalue weighted by Crippen LogP contribution is 2.39. The minimum Gasteiger partial charge on any atom is -0.326 e. The predicted molar refractivity (Wildman–Crippen MR) is 102 cm³/mol. The molecule has 1 amide bonds. The van der Waals surface area contributed by atoms with E-state index in [4.69, 9.17) is 0 Å². The highest BCUT2D eigenvalue weighted by molar-refractivity contribution is 7.99. The minimum absolute atomic E-state index is 0.0762. The van der Waals surface area contributed by atoms with E-state index in [0.717, 1.165) is 40.0 Å². The third-order valence-corrected chi connectivity index (χ3v) is 5.64. The van der Waals surface area contributed by atoms with Crippen molar-refractivity contribution in [1.29, 1.82) is 0 Å². The lowest BCUT2D eigenvalue weighted by Gasteiger charge is -2.12. The SMILES string of the molecule is Cc1cc(C)c(NC(=O)CCCSc2nnc(C3CC3)n2C)c(C)c1. The van der Waals surface area contributed by atoms with E-state index in [0.29, 0.717) is 12.3 Å². The lowest BCUT2D eigenvalue weighted by atomic mass is 10.0. The van der Waals surface area contributed by atoms with Crippen LogP contribution >= 0.6 is 11.8 Å². The zero-order valence-electron chi connectivity index (χ0n) is 15.4. The van der Waals surface area contributed by atoms with Gasteiger partial charge in [-0.2, -0.15) is 0 Å². The molecule has 1 aromatic carbocycles. The summed E-state index contributed by atoms with van der Waals surface area (Å²) in [5.41, 5.74) is 4.41. The van der Waals surface area contributed by atoms with E-state index in [1.807, 2.05) is 20.9 Å². The van der Waals surface area contributed by atoms with E-state index in [2.05, 4.69) is 39.1 Å². The Bertz CT molecular complexity index is 757. The molecule has 1 aromatic heterocycles. The van der Waals surface area contributed by atoms with Crippen LogP contribution < -0.4 is 5.32 Å². The maximum atomic E-state index is 12.2. The molecule has 0 aliphatic heterocycles. The summed E-state index contributed by atoms with van der Waals surface area (Å²) in [6.07, 6.45) is 3.81. The van der Waals surface area contributed by atoms with Gasteiger partial charge < -0.3 is 9.88 Å². The molecule has 3 rings (SSSR count). The van der Waals surface area contributed by atoms with Crippen LogP contribution in [0.15, 0.2) is 17.3 Å². The van der Waals surface area contributed by atoms with Gasteiger partial charge in [-0.1, -0.05) is 29.5 Å². The van der Waals surface area contributed by atoms with Crippen LogP contribution in [0.2, 0.25) is 0 Å². The Kier molecular flexibility index (Phi) is 5.47. The molecule has 0 atom stereocenters. The fourth-order valence-electron chi connectivity index (χ4n) is 3.12. The second-order valence-electron chi connectivity index (χ2n) is 6.95. The summed E-state index contributed by atoms with van der Waals surface area (Å²) < 4.78 is 2.10. The number of amides is 1. The number of aromatic nitrogens is 3.